The van der Waals surface area contributed by atoms with E-state index in [0.717, 1.165) is 48.3 Å². The van der Waals surface area contributed by atoms with Crippen LogP contribution >= 0.6 is 0 Å². The highest BCUT2D eigenvalue weighted by molar-refractivity contribution is 6.16. The number of hydrogen-bond donors (Lipinski definition) is 1. The van der Waals surface area contributed by atoms with Crippen molar-refractivity contribution in [3.8, 4) is 0 Å². The van der Waals surface area contributed by atoms with Crippen molar-refractivity contribution in [2.24, 2.45) is 4.99 Å². The summed E-state index contributed by atoms with van der Waals surface area (Å²) < 4.78 is 5.89. The Hall–Kier alpha value is -3.32. The summed E-state index contributed by atoms with van der Waals surface area (Å²) >= 11 is 0. The van der Waals surface area contributed by atoms with Crippen LogP contribution in [-0.2, 0) is 11.2 Å². The molecule has 0 unspecified atom stereocenters. The molecule has 0 saturated carbocycles. The van der Waals surface area contributed by atoms with Crippen LogP contribution in [0, 0.1) is 0 Å². The van der Waals surface area contributed by atoms with Crippen molar-refractivity contribution in [1.82, 2.24) is 15.1 Å². The maximum absolute atomic E-state index is 13.0. The first-order valence-electron chi connectivity index (χ1n) is 10.7. The zero-order chi connectivity index (χ0) is 21.2. The number of nitrogens with zero attached hydrogens (tertiary/aromatic N) is 4. The molecular formula is C24H25N5O2. The Morgan fingerprint density at radius 3 is 2.55 bits per heavy atom. The lowest BCUT2D eigenvalue weighted by atomic mass is 9.96. The molecule has 0 aliphatic carbocycles. The number of ketones is 1. The number of likely N-dealkylation sites (tertiary alicyclic amines) is 1. The Balaban J connectivity index is 1.43. The minimum Gasteiger partial charge on any atom is -0.408 e. The van der Waals surface area contributed by atoms with Crippen molar-refractivity contribution < 1.29 is 9.21 Å². The fraction of sp³-hybridized carbons (Fsp3) is 0.333. The second kappa shape index (κ2) is 8.43. The van der Waals surface area contributed by atoms with Crippen LogP contribution in [0.1, 0.15) is 41.3 Å². The Labute approximate surface area is 181 Å². The van der Waals surface area contributed by atoms with Gasteiger partial charge in [-0.2, -0.15) is 0 Å². The molecule has 158 valence electrons. The molecule has 2 aromatic carbocycles. The minimum atomic E-state index is -0.784. The average molecular weight is 415 g/mol. The number of nitrogens with one attached hydrogen (secondary N) is 1. The lowest BCUT2D eigenvalue weighted by molar-refractivity contribution is -0.119. The van der Waals surface area contributed by atoms with Gasteiger partial charge in [0.1, 0.15) is 0 Å². The molecule has 0 amide bonds. The zero-order valence-electron chi connectivity index (χ0n) is 17.5. The fourth-order valence-electron chi connectivity index (χ4n) is 4.23. The predicted molar refractivity (Wildman–Crippen MR) is 118 cm³/mol. The van der Waals surface area contributed by atoms with E-state index in [1.807, 2.05) is 54.6 Å². The van der Waals surface area contributed by atoms with E-state index in [0.29, 0.717) is 12.3 Å². The van der Waals surface area contributed by atoms with Gasteiger partial charge in [-0.05, 0) is 38.5 Å². The summed E-state index contributed by atoms with van der Waals surface area (Å²) in [6.45, 7) is 2.03. The molecule has 2 aliphatic heterocycles. The van der Waals surface area contributed by atoms with Gasteiger partial charge in [-0.3, -0.25) is 9.79 Å². The van der Waals surface area contributed by atoms with Crippen molar-refractivity contribution >= 4 is 17.5 Å². The van der Waals surface area contributed by atoms with Crippen molar-refractivity contribution in [2.45, 2.75) is 31.3 Å². The molecule has 3 aromatic rings. The number of carbonyl (C=O) groups is 1. The SMILES string of the molecule is CN1CCC(c2nnc(N[C@H]3N=C(c4ccccc4)c4ccccc4CC3=O)o2)CC1. The van der Waals surface area contributed by atoms with Crippen LogP contribution in [0.25, 0.3) is 0 Å². The molecule has 0 bridgehead atoms. The molecule has 31 heavy (non-hydrogen) atoms. The number of rotatable bonds is 4. The Kier molecular flexibility index (Phi) is 5.34. The first kappa shape index (κ1) is 19.6. The number of aromatic nitrogens is 2. The second-order valence-corrected chi connectivity index (χ2v) is 8.21. The molecule has 2 aliphatic rings. The number of fused-ring (bicyclic) bond motifs is 1. The molecule has 7 nitrogen and oxygen atoms in total. The maximum Gasteiger partial charge on any atom is 0.317 e. The van der Waals surface area contributed by atoms with Crippen LogP contribution in [0.3, 0.4) is 0 Å². The van der Waals surface area contributed by atoms with Gasteiger partial charge in [0.05, 0.1) is 5.71 Å². The monoisotopic (exact) mass is 415 g/mol. The van der Waals surface area contributed by atoms with Gasteiger partial charge in [-0.1, -0.05) is 59.7 Å². The molecule has 1 fully saturated rings. The number of anilines is 1. The number of benzene rings is 2. The smallest absolute Gasteiger partial charge is 0.317 e. The summed E-state index contributed by atoms with van der Waals surface area (Å²) in [5.41, 5.74) is 3.70. The van der Waals surface area contributed by atoms with E-state index in [1.165, 1.54) is 0 Å². The summed E-state index contributed by atoms with van der Waals surface area (Å²) in [5.74, 6) is 0.862. The first-order valence-corrected chi connectivity index (χ1v) is 10.7. The molecular weight excluding hydrogens is 390 g/mol. The van der Waals surface area contributed by atoms with Gasteiger partial charge in [0.2, 0.25) is 5.89 Å². The third-order valence-corrected chi connectivity index (χ3v) is 6.02. The Morgan fingerprint density at radius 1 is 1.00 bits per heavy atom. The van der Waals surface area contributed by atoms with Crippen LogP contribution in [-0.4, -0.2) is 52.9 Å². The van der Waals surface area contributed by atoms with Crippen LogP contribution in [0.5, 0.6) is 0 Å². The molecule has 1 saturated heterocycles. The highest BCUT2D eigenvalue weighted by atomic mass is 16.4. The predicted octanol–water partition coefficient (Wildman–Crippen LogP) is 3.28. The normalized spacial score (nSPS) is 20.1. The van der Waals surface area contributed by atoms with E-state index in [9.17, 15) is 4.79 Å². The van der Waals surface area contributed by atoms with Gasteiger partial charge in [0.15, 0.2) is 11.9 Å². The molecule has 0 spiro atoms. The van der Waals surface area contributed by atoms with E-state index in [-0.39, 0.29) is 17.7 Å². The van der Waals surface area contributed by atoms with Crippen LogP contribution in [0.2, 0.25) is 0 Å². The number of Topliss-reactive ketones (excluding diaryl/α,β-unsaturated/α-hetero) is 1. The molecule has 0 radical (unpaired) electrons. The Bertz CT molecular complexity index is 1100. The largest absolute Gasteiger partial charge is 0.408 e. The van der Waals surface area contributed by atoms with Gasteiger partial charge in [0, 0.05) is 23.5 Å². The molecule has 1 aromatic heterocycles. The van der Waals surface area contributed by atoms with E-state index in [2.05, 4.69) is 27.5 Å². The van der Waals surface area contributed by atoms with E-state index in [4.69, 9.17) is 9.41 Å². The number of hydrogen-bond acceptors (Lipinski definition) is 7. The number of piperidine rings is 1. The van der Waals surface area contributed by atoms with Crippen molar-refractivity contribution in [2.75, 3.05) is 25.5 Å². The molecule has 1 N–H and O–H groups in total. The molecule has 7 heteroatoms. The Morgan fingerprint density at radius 2 is 1.74 bits per heavy atom. The topological polar surface area (TPSA) is 83.6 Å². The van der Waals surface area contributed by atoms with Crippen molar-refractivity contribution in [3.63, 3.8) is 0 Å². The maximum atomic E-state index is 13.0. The van der Waals surface area contributed by atoms with Crippen molar-refractivity contribution in [3.05, 3.63) is 77.2 Å². The standard InChI is InChI=1S/C24H25N5O2/c1-29-13-11-17(12-14-29)23-27-28-24(31-23)26-22-20(30)15-18-9-5-6-10-19(18)21(25-22)16-7-3-2-4-8-16/h2-10,17,22H,11-15H2,1H3,(H,26,28)/t22-/m1/s1. The average Bonchev–Trinajstić information content (AvgIpc) is 3.21. The van der Waals surface area contributed by atoms with E-state index in [1.54, 1.807) is 0 Å². The van der Waals surface area contributed by atoms with Gasteiger partial charge in [-0.15, -0.1) is 5.10 Å². The van der Waals surface area contributed by atoms with Crippen LogP contribution in [0.15, 0.2) is 64.0 Å². The third-order valence-electron chi connectivity index (χ3n) is 6.02. The number of carbonyl (C=O) groups excluding carboxylic acids is 1. The fourth-order valence-corrected chi connectivity index (χ4v) is 4.23. The summed E-state index contributed by atoms with van der Waals surface area (Å²) in [6.07, 6.45) is 1.50. The zero-order valence-corrected chi connectivity index (χ0v) is 17.5. The van der Waals surface area contributed by atoms with Crippen molar-refractivity contribution in [1.29, 1.82) is 0 Å². The van der Waals surface area contributed by atoms with Gasteiger partial charge < -0.3 is 14.6 Å². The number of aliphatic imine (C=N–C) groups is 1. The molecule has 3 heterocycles. The molecule has 1 atom stereocenters. The summed E-state index contributed by atoms with van der Waals surface area (Å²) in [6, 6.07) is 18.1. The first-order chi connectivity index (χ1) is 15.2. The lowest BCUT2D eigenvalue weighted by Gasteiger charge is -2.26. The summed E-state index contributed by atoms with van der Waals surface area (Å²) in [7, 11) is 2.12. The summed E-state index contributed by atoms with van der Waals surface area (Å²) in [4.78, 5) is 20.2. The second-order valence-electron chi connectivity index (χ2n) is 8.21. The highest BCUT2D eigenvalue weighted by Gasteiger charge is 2.28. The van der Waals surface area contributed by atoms with Gasteiger partial charge >= 0.3 is 6.01 Å². The van der Waals surface area contributed by atoms with Gasteiger partial charge in [0.25, 0.3) is 0 Å². The molecule has 5 rings (SSSR count). The quantitative estimate of drug-likeness (QED) is 0.704. The third kappa shape index (κ3) is 4.14. The van der Waals surface area contributed by atoms with E-state index < -0.39 is 6.17 Å². The van der Waals surface area contributed by atoms with Crippen LogP contribution < -0.4 is 5.32 Å². The highest BCUT2D eigenvalue weighted by Crippen LogP contribution is 2.28. The minimum absolute atomic E-state index is 0.0302. The van der Waals surface area contributed by atoms with Crippen LogP contribution in [0.4, 0.5) is 6.01 Å². The van der Waals surface area contributed by atoms with Gasteiger partial charge in [-0.25, -0.2) is 0 Å². The van der Waals surface area contributed by atoms with E-state index >= 15 is 0 Å². The summed E-state index contributed by atoms with van der Waals surface area (Å²) in [5, 5.41) is 11.5. The lowest BCUT2D eigenvalue weighted by Crippen LogP contribution is -2.29.